The Kier molecular flexibility index (Phi) is 3.02. The molecule has 4 aromatic rings. The predicted molar refractivity (Wildman–Crippen MR) is 87.3 cm³/mol. The number of rotatable bonds is 1. The van der Waals surface area contributed by atoms with Gasteiger partial charge in [0.2, 0.25) is 4.77 Å². The summed E-state index contributed by atoms with van der Waals surface area (Å²) < 4.78 is 14.9. The van der Waals surface area contributed by atoms with E-state index < -0.39 is 5.82 Å². The van der Waals surface area contributed by atoms with Crippen molar-refractivity contribution >= 4 is 28.8 Å². The van der Waals surface area contributed by atoms with Crippen LogP contribution < -0.4 is 5.56 Å². The first-order valence-corrected chi connectivity index (χ1v) is 7.22. The van der Waals surface area contributed by atoms with E-state index in [9.17, 15) is 9.18 Å². The molecule has 0 atom stereocenters. The van der Waals surface area contributed by atoms with Gasteiger partial charge in [0.15, 0.2) is 5.69 Å². The SMILES string of the molecule is O=c1[nH]c2c3ccc(F)cc3nc(=S)n2nc1-c1ccccc1. The van der Waals surface area contributed by atoms with Gasteiger partial charge in [0.05, 0.1) is 5.52 Å². The number of H-pyrrole nitrogens is 1. The predicted octanol–water partition coefficient (Wildman–Crippen LogP) is 3.11. The molecule has 4 rings (SSSR count). The zero-order valence-electron chi connectivity index (χ0n) is 11.7. The van der Waals surface area contributed by atoms with Crippen LogP contribution in [0.2, 0.25) is 0 Å². The first-order chi connectivity index (χ1) is 11.1. The number of aromatic nitrogens is 4. The van der Waals surface area contributed by atoms with Gasteiger partial charge in [-0.2, -0.15) is 9.61 Å². The van der Waals surface area contributed by atoms with Crippen LogP contribution in [0.4, 0.5) is 4.39 Å². The number of hydrogen-bond donors (Lipinski definition) is 1. The summed E-state index contributed by atoms with van der Waals surface area (Å²) in [6, 6.07) is 13.2. The van der Waals surface area contributed by atoms with Crippen molar-refractivity contribution in [1.29, 1.82) is 0 Å². The minimum absolute atomic E-state index is 0.145. The monoisotopic (exact) mass is 324 g/mol. The van der Waals surface area contributed by atoms with E-state index in [0.29, 0.717) is 22.1 Å². The van der Waals surface area contributed by atoms with E-state index >= 15 is 0 Å². The number of fused-ring (bicyclic) bond motifs is 3. The summed E-state index contributed by atoms with van der Waals surface area (Å²) in [5, 5.41) is 4.90. The lowest BCUT2D eigenvalue weighted by atomic mass is 10.2. The summed E-state index contributed by atoms with van der Waals surface area (Å²) in [6.45, 7) is 0. The summed E-state index contributed by atoms with van der Waals surface area (Å²) in [7, 11) is 0. The van der Waals surface area contributed by atoms with E-state index in [4.69, 9.17) is 12.2 Å². The van der Waals surface area contributed by atoms with Crippen LogP contribution in [0.15, 0.2) is 53.3 Å². The number of nitrogens with one attached hydrogen (secondary N) is 1. The van der Waals surface area contributed by atoms with Gasteiger partial charge in [-0.1, -0.05) is 30.3 Å². The van der Waals surface area contributed by atoms with E-state index in [0.717, 1.165) is 0 Å². The average molecular weight is 324 g/mol. The van der Waals surface area contributed by atoms with Gasteiger partial charge in [0.1, 0.15) is 11.5 Å². The van der Waals surface area contributed by atoms with Gasteiger partial charge in [-0.25, -0.2) is 9.37 Å². The molecule has 2 aromatic heterocycles. The van der Waals surface area contributed by atoms with E-state index in [1.54, 1.807) is 18.2 Å². The number of nitrogens with zero attached hydrogens (tertiary/aromatic N) is 3. The van der Waals surface area contributed by atoms with Gasteiger partial charge in [-0.15, -0.1) is 0 Å². The minimum Gasteiger partial charge on any atom is -0.304 e. The van der Waals surface area contributed by atoms with Crippen LogP contribution in [0, 0.1) is 10.6 Å². The van der Waals surface area contributed by atoms with Crippen LogP contribution in [0.3, 0.4) is 0 Å². The van der Waals surface area contributed by atoms with Crippen molar-refractivity contribution in [1.82, 2.24) is 19.6 Å². The molecule has 7 heteroatoms. The molecule has 0 aliphatic rings. The molecule has 0 spiro atoms. The van der Waals surface area contributed by atoms with Gasteiger partial charge in [0.25, 0.3) is 5.56 Å². The maximum absolute atomic E-state index is 13.4. The van der Waals surface area contributed by atoms with Crippen LogP contribution in [0.1, 0.15) is 0 Å². The summed E-state index contributed by atoms with van der Waals surface area (Å²) >= 11 is 5.22. The standard InChI is InChI=1S/C16H9FN4OS/c17-10-6-7-11-12(8-10)18-16(23)21-14(11)19-15(22)13(20-21)9-4-2-1-3-5-9/h1-8H,(H,19,22). The fraction of sp³-hybridized carbons (Fsp3) is 0. The molecule has 0 aliphatic heterocycles. The van der Waals surface area contributed by atoms with E-state index in [1.807, 2.05) is 18.2 Å². The Bertz CT molecular complexity index is 1170. The second-order valence-electron chi connectivity index (χ2n) is 4.99. The first kappa shape index (κ1) is 13.7. The molecule has 23 heavy (non-hydrogen) atoms. The molecule has 5 nitrogen and oxygen atoms in total. The number of hydrogen-bond acceptors (Lipinski definition) is 4. The summed E-state index contributed by atoms with van der Waals surface area (Å²) in [6.07, 6.45) is 0. The zero-order chi connectivity index (χ0) is 16.0. The normalized spacial score (nSPS) is 11.2. The fourth-order valence-electron chi connectivity index (χ4n) is 2.47. The third-order valence-electron chi connectivity index (χ3n) is 3.52. The van der Waals surface area contributed by atoms with E-state index in [-0.39, 0.29) is 16.0 Å². The Morgan fingerprint density at radius 2 is 1.91 bits per heavy atom. The molecule has 0 fully saturated rings. The van der Waals surface area contributed by atoms with Crippen LogP contribution >= 0.6 is 12.2 Å². The largest absolute Gasteiger partial charge is 0.304 e. The van der Waals surface area contributed by atoms with Crippen molar-refractivity contribution in [3.05, 3.63) is 69.5 Å². The molecule has 0 radical (unpaired) electrons. The molecule has 0 aliphatic carbocycles. The average Bonchev–Trinajstić information content (AvgIpc) is 2.55. The maximum atomic E-state index is 13.4. The molecule has 0 saturated carbocycles. The molecular formula is C16H9FN4OS. The highest BCUT2D eigenvalue weighted by molar-refractivity contribution is 7.71. The Hall–Kier alpha value is -2.93. The lowest BCUT2D eigenvalue weighted by Crippen LogP contribution is -2.17. The van der Waals surface area contributed by atoms with Crippen molar-refractivity contribution in [3.63, 3.8) is 0 Å². The molecular weight excluding hydrogens is 315 g/mol. The van der Waals surface area contributed by atoms with Gasteiger partial charge in [-0.05, 0) is 24.4 Å². The van der Waals surface area contributed by atoms with Crippen LogP contribution in [0.25, 0.3) is 27.8 Å². The van der Waals surface area contributed by atoms with Gasteiger partial charge in [-0.3, -0.25) is 4.79 Å². The quantitative estimate of drug-likeness (QED) is 0.432. The second kappa shape index (κ2) is 5.06. The highest BCUT2D eigenvalue weighted by atomic mass is 32.1. The van der Waals surface area contributed by atoms with Crippen LogP contribution in [-0.2, 0) is 0 Å². The molecule has 0 bridgehead atoms. The summed E-state index contributed by atoms with van der Waals surface area (Å²) in [5.41, 5.74) is 1.35. The fourth-order valence-corrected chi connectivity index (χ4v) is 2.70. The lowest BCUT2D eigenvalue weighted by Gasteiger charge is -2.07. The van der Waals surface area contributed by atoms with Crippen molar-refractivity contribution in [2.24, 2.45) is 0 Å². The van der Waals surface area contributed by atoms with Gasteiger partial charge in [0, 0.05) is 17.0 Å². The minimum atomic E-state index is -0.417. The smallest absolute Gasteiger partial charge is 0.277 e. The van der Waals surface area contributed by atoms with Crippen molar-refractivity contribution in [2.45, 2.75) is 0 Å². The van der Waals surface area contributed by atoms with Gasteiger partial charge < -0.3 is 4.98 Å². The van der Waals surface area contributed by atoms with Crippen molar-refractivity contribution in [2.75, 3.05) is 0 Å². The van der Waals surface area contributed by atoms with E-state index in [1.165, 1.54) is 16.6 Å². The summed E-state index contributed by atoms with van der Waals surface area (Å²) in [5.74, 6) is -0.417. The lowest BCUT2D eigenvalue weighted by molar-refractivity contribution is 0.629. The molecule has 0 amide bonds. The van der Waals surface area contributed by atoms with Crippen molar-refractivity contribution in [3.8, 4) is 11.3 Å². The summed E-state index contributed by atoms with van der Waals surface area (Å²) in [4.78, 5) is 19.4. The Morgan fingerprint density at radius 1 is 1.13 bits per heavy atom. The molecule has 0 unspecified atom stereocenters. The zero-order valence-corrected chi connectivity index (χ0v) is 12.5. The number of benzene rings is 2. The molecule has 1 N–H and O–H groups in total. The highest BCUT2D eigenvalue weighted by Crippen LogP contribution is 2.18. The molecule has 112 valence electrons. The molecule has 2 aromatic carbocycles. The third-order valence-corrected chi connectivity index (χ3v) is 3.78. The Labute approximate surface area is 134 Å². The number of aromatic amines is 1. The Balaban J connectivity index is 2.13. The van der Waals surface area contributed by atoms with Crippen molar-refractivity contribution < 1.29 is 4.39 Å². The first-order valence-electron chi connectivity index (χ1n) is 6.81. The topological polar surface area (TPSA) is 63.0 Å². The molecule has 2 heterocycles. The third kappa shape index (κ3) is 2.22. The Morgan fingerprint density at radius 3 is 2.70 bits per heavy atom. The highest BCUT2D eigenvalue weighted by Gasteiger charge is 2.11. The van der Waals surface area contributed by atoms with E-state index in [2.05, 4.69) is 15.1 Å². The number of halogens is 1. The van der Waals surface area contributed by atoms with Crippen LogP contribution in [-0.4, -0.2) is 19.6 Å². The maximum Gasteiger partial charge on any atom is 0.277 e. The second-order valence-corrected chi connectivity index (χ2v) is 5.35. The molecule has 0 saturated heterocycles. The van der Waals surface area contributed by atoms with Gasteiger partial charge >= 0.3 is 0 Å². The van der Waals surface area contributed by atoms with Crippen LogP contribution in [0.5, 0.6) is 0 Å².